The van der Waals surface area contributed by atoms with E-state index in [1.54, 1.807) is 35.2 Å². The number of hydrogen-bond acceptors (Lipinski definition) is 6. The van der Waals surface area contributed by atoms with Crippen LogP contribution in [0.4, 0.5) is 0 Å². The molecule has 3 aromatic heterocycles. The summed E-state index contributed by atoms with van der Waals surface area (Å²) < 4.78 is 6.75. The van der Waals surface area contributed by atoms with Crippen LogP contribution in [-0.4, -0.2) is 45.2 Å². The number of thiophene rings is 1. The molecule has 0 fully saturated rings. The van der Waals surface area contributed by atoms with Crippen LogP contribution in [0.25, 0.3) is 5.82 Å². The van der Waals surface area contributed by atoms with Crippen molar-refractivity contribution in [2.45, 2.75) is 20.4 Å². The molecule has 7 nitrogen and oxygen atoms in total. The van der Waals surface area contributed by atoms with Crippen molar-refractivity contribution in [2.24, 2.45) is 0 Å². The first-order valence-electron chi connectivity index (χ1n) is 8.49. The Bertz CT molecular complexity index is 1000. The number of aryl methyl sites for hydroxylation is 2. The van der Waals surface area contributed by atoms with Crippen molar-refractivity contribution in [3.8, 4) is 5.82 Å². The SMILES string of the molecule is Cc1cc(C)n(-c2ccc(Cl)c(C(=O)OCC(=O)N(C)Cc3cccs3)n2)n1. The highest BCUT2D eigenvalue weighted by molar-refractivity contribution is 7.09. The second-order valence-electron chi connectivity index (χ2n) is 6.24. The van der Waals surface area contributed by atoms with E-state index in [9.17, 15) is 9.59 Å². The van der Waals surface area contributed by atoms with Gasteiger partial charge in [0.2, 0.25) is 0 Å². The maximum absolute atomic E-state index is 12.4. The van der Waals surface area contributed by atoms with Crippen LogP contribution in [0, 0.1) is 13.8 Å². The molecule has 3 aromatic rings. The van der Waals surface area contributed by atoms with Crippen molar-refractivity contribution in [3.05, 3.63) is 62.7 Å². The highest BCUT2D eigenvalue weighted by Crippen LogP contribution is 2.19. The summed E-state index contributed by atoms with van der Waals surface area (Å²) in [5.41, 5.74) is 1.65. The maximum Gasteiger partial charge on any atom is 0.359 e. The Morgan fingerprint density at radius 1 is 1.29 bits per heavy atom. The third-order valence-electron chi connectivity index (χ3n) is 3.98. The van der Waals surface area contributed by atoms with Crippen molar-refractivity contribution in [1.29, 1.82) is 0 Å². The standard InChI is InChI=1S/C19H19ClN4O3S/c1-12-9-13(2)24(22-12)16-7-6-15(20)18(21-16)19(26)27-11-17(25)23(3)10-14-5-4-8-28-14/h4-9H,10-11H2,1-3H3. The van der Waals surface area contributed by atoms with Gasteiger partial charge in [-0.2, -0.15) is 5.10 Å². The average molecular weight is 419 g/mol. The van der Waals surface area contributed by atoms with Gasteiger partial charge in [-0.05, 0) is 43.5 Å². The van der Waals surface area contributed by atoms with Gasteiger partial charge >= 0.3 is 5.97 Å². The smallest absolute Gasteiger partial charge is 0.359 e. The van der Waals surface area contributed by atoms with Crippen molar-refractivity contribution < 1.29 is 14.3 Å². The normalized spacial score (nSPS) is 10.7. The predicted molar refractivity (Wildman–Crippen MR) is 107 cm³/mol. The first-order valence-corrected chi connectivity index (χ1v) is 9.74. The van der Waals surface area contributed by atoms with E-state index >= 15 is 0 Å². The first kappa shape index (κ1) is 20.0. The number of carbonyl (C=O) groups excluding carboxylic acids is 2. The van der Waals surface area contributed by atoms with Crippen LogP contribution in [0.1, 0.15) is 26.8 Å². The lowest BCUT2D eigenvalue weighted by molar-refractivity contribution is -0.133. The van der Waals surface area contributed by atoms with Crippen LogP contribution in [0.3, 0.4) is 0 Å². The second-order valence-corrected chi connectivity index (χ2v) is 7.68. The molecule has 3 heterocycles. The largest absolute Gasteiger partial charge is 0.451 e. The number of likely N-dealkylation sites (N-methyl/N-ethyl adjacent to an activating group) is 1. The van der Waals surface area contributed by atoms with Gasteiger partial charge in [0.05, 0.1) is 17.3 Å². The fraction of sp³-hybridized carbons (Fsp3) is 0.263. The lowest BCUT2D eigenvalue weighted by Crippen LogP contribution is -2.30. The molecule has 146 valence electrons. The molecule has 1 amide bonds. The fourth-order valence-electron chi connectivity index (χ4n) is 2.58. The van der Waals surface area contributed by atoms with Crippen LogP contribution in [-0.2, 0) is 16.1 Å². The van der Waals surface area contributed by atoms with E-state index in [-0.39, 0.29) is 23.2 Å². The molecule has 28 heavy (non-hydrogen) atoms. The number of carbonyl (C=O) groups is 2. The number of esters is 1. The van der Waals surface area contributed by atoms with Crippen molar-refractivity contribution in [1.82, 2.24) is 19.7 Å². The predicted octanol–water partition coefficient (Wildman–Crippen LogP) is 3.41. The molecular formula is C19H19ClN4O3S. The topological polar surface area (TPSA) is 77.3 Å². The average Bonchev–Trinajstić information content (AvgIpc) is 3.28. The lowest BCUT2D eigenvalue weighted by atomic mass is 10.3. The first-order chi connectivity index (χ1) is 13.3. The minimum absolute atomic E-state index is 0.0552. The van der Waals surface area contributed by atoms with Gasteiger partial charge in [-0.15, -0.1) is 11.3 Å². The zero-order valence-corrected chi connectivity index (χ0v) is 17.3. The van der Waals surface area contributed by atoms with E-state index < -0.39 is 5.97 Å². The summed E-state index contributed by atoms with van der Waals surface area (Å²) in [6.07, 6.45) is 0. The Kier molecular flexibility index (Phi) is 6.11. The Morgan fingerprint density at radius 3 is 2.71 bits per heavy atom. The zero-order valence-electron chi connectivity index (χ0n) is 15.7. The van der Waals surface area contributed by atoms with E-state index in [2.05, 4.69) is 10.1 Å². The fourth-order valence-corrected chi connectivity index (χ4v) is 3.52. The molecule has 0 atom stereocenters. The van der Waals surface area contributed by atoms with E-state index in [4.69, 9.17) is 16.3 Å². The quantitative estimate of drug-likeness (QED) is 0.573. The summed E-state index contributed by atoms with van der Waals surface area (Å²) in [7, 11) is 1.66. The molecule has 0 aromatic carbocycles. The summed E-state index contributed by atoms with van der Waals surface area (Å²) in [4.78, 5) is 31.4. The molecule has 0 aliphatic carbocycles. The van der Waals surface area contributed by atoms with Gasteiger partial charge < -0.3 is 9.64 Å². The van der Waals surface area contributed by atoms with E-state index in [1.807, 2.05) is 37.4 Å². The Balaban J connectivity index is 1.67. The number of pyridine rings is 1. The molecule has 0 bridgehead atoms. The number of amides is 1. The summed E-state index contributed by atoms with van der Waals surface area (Å²) in [6, 6.07) is 8.98. The molecule has 0 N–H and O–H groups in total. The van der Waals surface area contributed by atoms with Gasteiger partial charge in [0, 0.05) is 17.6 Å². The van der Waals surface area contributed by atoms with E-state index in [0.717, 1.165) is 16.3 Å². The van der Waals surface area contributed by atoms with Gasteiger partial charge in [-0.25, -0.2) is 14.5 Å². The van der Waals surface area contributed by atoms with Crippen molar-refractivity contribution >= 4 is 34.8 Å². The Labute approximate surface area is 171 Å². The summed E-state index contributed by atoms with van der Waals surface area (Å²) in [5.74, 6) is -0.623. The van der Waals surface area contributed by atoms with Gasteiger partial charge in [-0.3, -0.25) is 4.79 Å². The summed E-state index contributed by atoms with van der Waals surface area (Å²) in [5, 5.41) is 6.43. The van der Waals surface area contributed by atoms with Gasteiger partial charge in [0.15, 0.2) is 18.1 Å². The molecule has 0 aliphatic rings. The summed E-state index contributed by atoms with van der Waals surface area (Å²) >= 11 is 7.67. The van der Waals surface area contributed by atoms with Crippen LogP contribution in [0.5, 0.6) is 0 Å². The number of nitrogens with zero attached hydrogens (tertiary/aromatic N) is 4. The number of ether oxygens (including phenoxy) is 1. The number of rotatable bonds is 6. The Hall–Kier alpha value is -2.71. The number of hydrogen-bond donors (Lipinski definition) is 0. The molecule has 0 saturated carbocycles. The van der Waals surface area contributed by atoms with Gasteiger partial charge in [0.25, 0.3) is 5.91 Å². The molecular weight excluding hydrogens is 400 g/mol. The van der Waals surface area contributed by atoms with Crippen LogP contribution >= 0.6 is 22.9 Å². The molecule has 0 aliphatic heterocycles. The van der Waals surface area contributed by atoms with Crippen molar-refractivity contribution in [2.75, 3.05) is 13.7 Å². The number of aromatic nitrogens is 3. The molecule has 3 rings (SSSR count). The summed E-state index contributed by atoms with van der Waals surface area (Å²) in [6.45, 7) is 3.83. The minimum atomic E-state index is -0.758. The molecule has 0 radical (unpaired) electrons. The zero-order chi connectivity index (χ0) is 20.3. The molecule has 0 spiro atoms. The minimum Gasteiger partial charge on any atom is -0.451 e. The Morgan fingerprint density at radius 2 is 2.07 bits per heavy atom. The number of halogens is 1. The van der Waals surface area contributed by atoms with Crippen LogP contribution < -0.4 is 0 Å². The third-order valence-corrected chi connectivity index (χ3v) is 5.14. The lowest BCUT2D eigenvalue weighted by Gasteiger charge is -2.16. The van der Waals surface area contributed by atoms with Gasteiger partial charge in [-0.1, -0.05) is 17.7 Å². The highest BCUT2D eigenvalue weighted by Gasteiger charge is 2.19. The van der Waals surface area contributed by atoms with Crippen LogP contribution in [0.2, 0.25) is 5.02 Å². The van der Waals surface area contributed by atoms with Crippen LogP contribution in [0.15, 0.2) is 35.7 Å². The van der Waals surface area contributed by atoms with E-state index in [1.165, 1.54) is 4.90 Å². The highest BCUT2D eigenvalue weighted by atomic mass is 35.5. The van der Waals surface area contributed by atoms with Crippen molar-refractivity contribution in [3.63, 3.8) is 0 Å². The molecule has 0 saturated heterocycles. The molecule has 9 heteroatoms. The monoisotopic (exact) mass is 418 g/mol. The molecule has 0 unspecified atom stereocenters. The maximum atomic E-state index is 12.4. The van der Waals surface area contributed by atoms with Gasteiger partial charge in [0.1, 0.15) is 0 Å². The second kappa shape index (κ2) is 8.53. The van der Waals surface area contributed by atoms with E-state index in [0.29, 0.717) is 12.4 Å². The third kappa shape index (κ3) is 4.58.